The summed E-state index contributed by atoms with van der Waals surface area (Å²) in [4.78, 5) is 14.6. The number of nitrogens with zero attached hydrogens (tertiary/aromatic N) is 1. The lowest BCUT2D eigenvalue weighted by Gasteiger charge is -2.18. The second-order valence-corrected chi connectivity index (χ2v) is 6.93. The standard InChI is InChI=1S/C21H27N3O3.2ClH/c1-26-19-9-16(10-20(12-19)27-2)13-24-8-7-18(14-24)23-21(25)11-15-3-5-17(22)6-4-15;;/h3-6,9-10,12,18H,7-8,11,13-14,22H2,1-2H3,(H,23,25);2*1H. The van der Waals surface area contributed by atoms with Crippen molar-refractivity contribution < 1.29 is 14.3 Å². The second kappa shape index (κ2) is 11.8. The summed E-state index contributed by atoms with van der Waals surface area (Å²) in [7, 11) is 3.31. The van der Waals surface area contributed by atoms with Crippen molar-refractivity contribution in [2.45, 2.75) is 25.4 Å². The molecule has 3 rings (SSSR count). The molecule has 2 aromatic carbocycles. The molecule has 0 aromatic heterocycles. The molecule has 1 atom stereocenters. The smallest absolute Gasteiger partial charge is 0.224 e. The van der Waals surface area contributed by atoms with Gasteiger partial charge in [-0.05, 0) is 41.8 Å². The highest BCUT2D eigenvalue weighted by Crippen LogP contribution is 2.24. The summed E-state index contributed by atoms with van der Waals surface area (Å²) in [5, 5.41) is 3.14. The molecule has 0 aliphatic carbocycles. The van der Waals surface area contributed by atoms with E-state index in [2.05, 4.69) is 10.2 Å². The van der Waals surface area contributed by atoms with E-state index in [-0.39, 0.29) is 36.8 Å². The largest absolute Gasteiger partial charge is 0.497 e. The number of likely N-dealkylation sites (tertiary alicyclic amines) is 1. The van der Waals surface area contributed by atoms with Crippen molar-refractivity contribution in [2.75, 3.05) is 33.0 Å². The highest BCUT2D eigenvalue weighted by Gasteiger charge is 2.24. The molecule has 0 saturated carbocycles. The molecule has 1 aliphatic rings. The van der Waals surface area contributed by atoms with Gasteiger partial charge in [0.1, 0.15) is 11.5 Å². The molecule has 6 nitrogen and oxygen atoms in total. The van der Waals surface area contributed by atoms with E-state index in [0.29, 0.717) is 12.1 Å². The van der Waals surface area contributed by atoms with Crippen LogP contribution in [0.4, 0.5) is 5.69 Å². The van der Waals surface area contributed by atoms with Crippen LogP contribution in [0.25, 0.3) is 0 Å². The van der Waals surface area contributed by atoms with E-state index in [1.165, 1.54) is 0 Å². The number of carbonyl (C=O) groups excluding carboxylic acids is 1. The fraction of sp³-hybridized carbons (Fsp3) is 0.381. The predicted molar refractivity (Wildman–Crippen MR) is 120 cm³/mol. The number of methoxy groups -OCH3 is 2. The molecule has 29 heavy (non-hydrogen) atoms. The van der Waals surface area contributed by atoms with Crippen LogP contribution in [0.2, 0.25) is 0 Å². The van der Waals surface area contributed by atoms with E-state index >= 15 is 0 Å². The minimum atomic E-state index is 0. The lowest BCUT2D eigenvalue weighted by molar-refractivity contribution is -0.121. The maximum Gasteiger partial charge on any atom is 0.224 e. The number of nitrogen functional groups attached to an aromatic ring is 1. The lowest BCUT2D eigenvalue weighted by atomic mass is 10.1. The number of nitrogens with two attached hydrogens (primary N) is 1. The number of amides is 1. The Morgan fingerprint density at radius 2 is 1.69 bits per heavy atom. The molecule has 8 heteroatoms. The molecule has 0 spiro atoms. The van der Waals surface area contributed by atoms with Crippen LogP contribution < -0.4 is 20.5 Å². The summed E-state index contributed by atoms with van der Waals surface area (Å²) in [5.41, 5.74) is 8.50. The number of benzene rings is 2. The number of anilines is 1. The summed E-state index contributed by atoms with van der Waals surface area (Å²) < 4.78 is 10.7. The Labute approximate surface area is 184 Å². The van der Waals surface area contributed by atoms with Crippen LogP contribution >= 0.6 is 24.8 Å². The van der Waals surface area contributed by atoms with E-state index in [0.717, 1.165) is 48.7 Å². The number of nitrogens with one attached hydrogen (secondary N) is 1. The first kappa shape index (κ1) is 24.9. The number of halogens is 2. The van der Waals surface area contributed by atoms with Crippen LogP contribution in [0.15, 0.2) is 42.5 Å². The van der Waals surface area contributed by atoms with Gasteiger partial charge in [0.25, 0.3) is 0 Å². The molecule has 1 unspecified atom stereocenters. The van der Waals surface area contributed by atoms with E-state index in [1.54, 1.807) is 14.2 Å². The quantitative estimate of drug-likeness (QED) is 0.645. The van der Waals surface area contributed by atoms with Crippen molar-refractivity contribution in [3.63, 3.8) is 0 Å². The van der Waals surface area contributed by atoms with Crippen molar-refractivity contribution in [3.8, 4) is 11.5 Å². The van der Waals surface area contributed by atoms with Gasteiger partial charge in [-0.25, -0.2) is 0 Å². The summed E-state index contributed by atoms with van der Waals surface area (Å²) in [6, 6.07) is 13.5. The topological polar surface area (TPSA) is 76.8 Å². The zero-order valence-corrected chi connectivity index (χ0v) is 18.4. The average molecular weight is 442 g/mol. The minimum Gasteiger partial charge on any atom is -0.497 e. The predicted octanol–water partition coefficient (Wildman–Crippen LogP) is 3.06. The third-order valence-corrected chi connectivity index (χ3v) is 4.80. The zero-order valence-electron chi connectivity index (χ0n) is 16.7. The highest BCUT2D eigenvalue weighted by molar-refractivity contribution is 5.85. The van der Waals surface area contributed by atoms with Gasteiger partial charge >= 0.3 is 0 Å². The van der Waals surface area contributed by atoms with Crippen molar-refractivity contribution in [1.29, 1.82) is 0 Å². The molecule has 160 valence electrons. The van der Waals surface area contributed by atoms with Crippen LogP contribution in [0.1, 0.15) is 17.5 Å². The first-order valence-electron chi connectivity index (χ1n) is 9.14. The summed E-state index contributed by atoms with van der Waals surface area (Å²) in [5.74, 6) is 1.63. The Hall–Kier alpha value is -2.15. The first-order chi connectivity index (χ1) is 13.1. The van der Waals surface area contributed by atoms with Crippen LogP contribution in [-0.4, -0.2) is 44.2 Å². The zero-order chi connectivity index (χ0) is 19.2. The van der Waals surface area contributed by atoms with Gasteiger partial charge in [0, 0.05) is 37.4 Å². The molecular formula is C21H29Cl2N3O3. The lowest BCUT2D eigenvalue weighted by Crippen LogP contribution is -2.37. The fourth-order valence-electron chi connectivity index (χ4n) is 3.41. The van der Waals surface area contributed by atoms with Gasteiger partial charge in [-0.1, -0.05) is 12.1 Å². The van der Waals surface area contributed by atoms with Crippen molar-refractivity contribution in [1.82, 2.24) is 10.2 Å². The monoisotopic (exact) mass is 441 g/mol. The van der Waals surface area contributed by atoms with Crippen molar-refractivity contribution in [3.05, 3.63) is 53.6 Å². The molecule has 1 heterocycles. The van der Waals surface area contributed by atoms with Crippen LogP contribution in [0, 0.1) is 0 Å². The van der Waals surface area contributed by atoms with Gasteiger partial charge in [-0.15, -0.1) is 24.8 Å². The molecule has 1 amide bonds. The Bertz CT molecular complexity index is 765. The van der Waals surface area contributed by atoms with Crippen LogP contribution in [-0.2, 0) is 17.8 Å². The number of carbonyl (C=O) groups is 1. The minimum absolute atomic E-state index is 0. The molecule has 1 saturated heterocycles. The van der Waals surface area contributed by atoms with Gasteiger partial charge in [-0.2, -0.15) is 0 Å². The van der Waals surface area contributed by atoms with Crippen LogP contribution in [0.3, 0.4) is 0 Å². The summed E-state index contributed by atoms with van der Waals surface area (Å²) >= 11 is 0. The molecule has 1 fully saturated rings. The number of hydrogen-bond acceptors (Lipinski definition) is 5. The van der Waals surface area contributed by atoms with E-state index in [9.17, 15) is 4.79 Å². The second-order valence-electron chi connectivity index (χ2n) is 6.93. The molecular weight excluding hydrogens is 413 g/mol. The molecule has 2 aromatic rings. The summed E-state index contributed by atoms with van der Waals surface area (Å²) in [6.45, 7) is 2.59. The van der Waals surface area contributed by atoms with Gasteiger partial charge in [0.15, 0.2) is 0 Å². The van der Waals surface area contributed by atoms with E-state index in [4.69, 9.17) is 15.2 Å². The Balaban J connectivity index is 0.00000210. The Morgan fingerprint density at radius 3 is 2.28 bits per heavy atom. The third-order valence-electron chi connectivity index (χ3n) is 4.80. The number of rotatable bonds is 7. The van der Waals surface area contributed by atoms with Crippen LogP contribution in [0.5, 0.6) is 11.5 Å². The average Bonchev–Trinajstić information content (AvgIpc) is 3.09. The van der Waals surface area contributed by atoms with Gasteiger partial charge in [0.05, 0.1) is 20.6 Å². The SMILES string of the molecule is COc1cc(CN2CCC(NC(=O)Cc3ccc(N)cc3)C2)cc(OC)c1.Cl.Cl. The van der Waals surface area contributed by atoms with E-state index in [1.807, 2.05) is 42.5 Å². The molecule has 3 N–H and O–H groups in total. The fourth-order valence-corrected chi connectivity index (χ4v) is 3.41. The van der Waals surface area contributed by atoms with Gasteiger partial charge in [-0.3, -0.25) is 9.69 Å². The van der Waals surface area contributed by atoms with Gasteiger partial charge < -0.3 is 20.5 Å². The van der Waals surface area contributed by atoms with E-state index < -0.39 is 0 Å². The van der Waals surface area contributed by atoms with Gasteiger partial charge in [0.2, 0.25) is 5.91 Å². The Morgan fingerprint density at radius 1 is 1.07 bits per heavy atom. The third kappa shape index (κ3) is 7.31. The molecule has 1 aliphatic heterocycles. The van der Waals surface area contributed by atoms with Crippen molar-refractivity contribution in [2.24, 2.45) is 0 Å². The number of hydrogen-bond donors (Lipinski definition) is 2. The first-order valence-corrected chi connectivity index (χ1v) is 9.14. The number of ether oxygens (including phenoxy) is 2. The Kier molecular flexibility index (Phi) is 10.1. The summed E-state index contributed by atoms with van der Waals surface area (Å²) in [6.07, 6.45) is 1.33. The van der Waals surface area contributed by atoms with Crippen molar-refractivity contribution >= 4 is 36.4 Å². The highest BCUT2D eigenvalue weighted by atomic mass is 35.5. The maximum atomic E-state index is 12.3. The molecule has 0 bridgehead atoms. The molecule has 0 radical (unpaired) electrons. The normalized spacial score (nSPS) is 15.7. The maximum absolute atomic E-state index is 12.3.